The lowest BCUT2D eigenvalue weighted by Crippen LogP contribution is -2.39. The van der Waals surface area contributed by atoms with Crippen LogP contribution in [0.5, 0.6) is 0 Å². The van der Waals surface area contributed by atoms with Gasteiger partial charge in [-0.25, -0.2) is 9.37 Å². The number of thioether (sulfide) groups is 1. The van der Waals surface area contributed by atoms with E-state index in [1.165, 1.54) is 28.8 Å². The first-order valence-electron chi connectivity index (χ1n) is 7.22. The number of anilines is 1. The van der Waals surface area contributed by atoms with Gasteiger partial charge in [0.05, 0.1) is 17.6 Å². The summed E-state index contributed by atoms with van der Waals surface area (Å²) in [6.45, 7) is -0.126. The Kier molecular flexibility index (Phi) is 4.90. The molecular formula is C17H14FN3O2S. The van der Waals surface area contributed by atoms with E-state index in [4.69, 9.17) is 0 Å². The predicted octanol–water partition coefficient (Wildman–Crippen LogP) is 2.73. The van der Waals surface area contributed by atoms with Gasteiger partial charge >= 0.3 is 0 Å². The summed E-state index contributed by atoms with van der Waals surface area (Å²) in [6.07, 6.45) is 1.02. The van der Waals surface area contributed by atoms with Gasteiger partial charge in [-0.15, -0.1) is 11.8 Å². The zero-order valence-corrected chi connectivity index (χ0v) is 13.4. The number of amides is 2. The van der Waals surface area contributed by atoms with Crippen LogP contribution >= 0.6 is 11.8 Å². The van der Waals surface area contributed by atoms with Gasteiger partial charge in [-0.2, -0.15) is 0 Å². The predicted molar refractivity (Wildman–Crippen MR) is 91.4 cm³/mol. The lowest BCUT2D eigenvalue weighted by atomic mass is 10.1. The number of halogens is 1. The van der Waals surface area contributed by atoms with E-state index in [0.29, 0.717) is 11.4 Å². The molecule has 7 heteroatoms. The highest BCUT2D eigenvalue weighted by molar-refractivity contribution is 8.03. The van der Waals surface area contributed by atoms with Crippen LogP contribution in [0.2, 0.25) is 0 Å². The number of pyridine rings is 1. The van der Waals surface area contributed by atoms with E-state index in [2.05, 4.69) is 10.3 Å². The van der Waals surface area contributed by atoms with Crippen LogP contribution in [-0.2, 0) is 9.59 Å². The Morgan fingerprint density at radius 2 is 2.04 bits per heavy atom. The average Bonchev–Trinajstić information content (AvgIpc) is 2.59. The Labute approximate surface area is 142 Å². The van der Waals surface area contributed by atoms with Crippen LogP contribution in [0.4, 0.5) is 10.2 Å². The maximum absolute atomic E-state index is 12.8. The van der Waals surface area contributed by atoms with Crippen molar-refractivity contribution in [3.63, 3.8) is 0 Å². The Morgan fingerprint density at radius 1 is 1.25 bits per heavy atom. The fourth-order valence-electron chi connectivity index (χ4n) is 2.25. The van der Waals surface area contributed by atoms with Gasteiger partial charge in [-0.05, 0) is 23.1 Å². The Morgan fingerprint density at radius 3 is 2.75 bits per heavy atom. The lowest BCUT2D eigenvalue weighted by molar-refractivity contribution is -0.129. The minimum atomic E-state index is -0.481. The Balaban J connectivity index is 1.74. The van der Waals surface area contributed by atoms with Crippen molar-refractivity contribution in [3.8, 4) is 0 Å². The molecule has 0 fully saturated rings. The zero-order valence-electron chi connectivity index (χ0n) is 12.6. The van der Waals surface area contributed by atoms with Crippen LogP contribution in [-0.4, -0.2) is 34.0 Å². The molecule has 1 aromatic heterocycles. The summed E-state index contributed by atoms with van der Waals surface area (Å²) in [6, 6.07) is 12.0. The first-order chi connectivity index (χ1) is 11.6. The molecule has 2 amide bonds. The van der Waals surface area contributed by atoms with Gasteiger partial charge in [0, 0.05) is 0 Å². The van der Waals surface area contributed by atoms with Crippen LogP contribution < -0.4 is 5.32 Å². The smallest absolute Gasteiger partial charge is 0.245 e. The molecular weight excluding hydrogens is 329 g/mol. The monoisotopic (exact) mass is 343 g/mol. The quantitative estimate of drug-likeness (QED) is 0.927. The van der Waals surface area contributed by atoms with Crippen LogP contribution in [0.15, 0.2) is 54.1 Å². The van der Waals surface area contributed by atoms with Crippen molar-refractivity contribution >= 4 is 35.1 Å². The number of carbonyl (C=O) groups excluding carboxylic acids is 2. The molecule has 122 valence electrons. The van der Waals surface area contributed by atoms with Gasteiger partial charge in [0.1, 0.15) is 18.2 Å². The number of aromatic nitrogens is 1. The topological polar surface area (TPSA) is 62.3 Å². The number of nitrogens with zero attached hydrogens (tertiary/aromatic N) is 2. The fourth-order valence-corrected chi connectivity index (χ4v) is 3.05. The van der Waals surface area contributed by atoms with E-state index in [9.17, 15) is 14.0 Å². The average molecular weight is 343 g/mol. The summed E-state index contributed by atoms with van der Waals surface area (Å²) in [7, 11) is 0. The minimum absolute atomic E-state index is 0.126. The zero-order chi connectivity index (χ0) is 16.9. The third-order valence-corrected chi connectivity index (χ3v) is 4.16. The summed E-state index contributed by atoms with van der Waals surface area (Å²) in [5, 5.41) is 4.44. The molecule has 1 N–H and O–H groups in total. The highest BCUT2D eigenvalue weighted by Crippen LogP contribution is 2.27. The van der Waals surface area contributed by atoms with Gasteiger partial charge in [-0.3, -0.25) is 9.59 Å². The van der Waals surface area contributed by atoms with E-state index < -0.39 is 11.7 Å². The van der Waals surface area contributed by atoms with Crippen LogP contribution in [0, 0.1) is 5.82 Å². The van der Waals surface area contributed by atoms with Crippen molar-refractivity contribution in [3.05, 3.63) is 65.5 Å². The Hall–Kier alpha value is -2.67. The summed E-state index contributed by atoms with van der Waals surface area (Å²) in [5.41, 5.74) is 1.56. The summed E-state index contributed by atoms with van der Waals surface area (Å²) in [4.78, 5) is 29.7. The molecule has 3 rings (SSSR count). The maximum Gasteiger partial charge on any atom is 0.245 e. The van der Waals surface area contributed by atoms with Crippen molar-refractivity contribution in [1.82, 2.24) is 9.88 Å². The molecule has 1 aromatic carbocycles. The first-order valence-corrected chi connectivity index (χ1v) is 8.27. The van der Waals surface area contributed by atoms with Gasteiger partial charge in [0.15, 0.2) is 0 Å². The van der Waals surface area contributed by atoms with E-state index in [-0.39, 0.29) is 18.3 Å². The number of nitrogens with one attached hydrogen (secondary N) is 1. The largest absolute Gasteiger partial charge is 0.309 e. The van der Waals surface area contributed by atoms with E-state index in [1.54, 1.807) is 0 Å². The molecule has 1 aliphatic heterocycles. The standard InChI is InChI=1S/C17H14FN3O2S/c18-13-6-7-15(19-8-13)20-16(22)9-21-14(10-24-11-17(21)23)12-4-2-1-3-5-12/h1-8,10H,9,11H2,(H,19,20,22). The second-order valence-electron chi connectivity index (χ2n) is 5.07. The third kappa shape index (κ3) is 3.80. The van der Waals surface area contributed by atoms with Gasteiger partial charge in [0.2, 0.25) is 11.8 Å². The molecule has 0 unspecified atom stereocenters. The van der Waals surface area contributed by atoms with Crippen molar-refractivity contribution in [2.45, 2.75) is 0 Å². The molecule has 0 saturated heterocycles. The van der Waals surface area contributed by atoms with E-state index in [1.807, 2.05) is 35.7 Å². The van der Waals surface area contributed by atoms with Crippen molar-refractivity contribution in [2.75, 3.05) is 17.6 Å². The highest BCUT2D eigenvalue weighted by atomic mass is 32.2. The molecule has 24 heavy (non-hydrogen) atoms. The summed E-state index contributed by atoms with van der Waals surface area (Å²) < 4.78 is 12.8. The first kappa shape index (κ1) is 16.2. The molecule has 2 aromatic rings. The second kappa shape index (κ2) is 7.27. The molecule has 0 spiro atoms. The van der Waals surface area contributed by atoms with Gasteiger partial charge < -0.3 is 10.2 Å². The maximum atomic E-state index is 12.8. The molecule has 0 radical (unpaired) electrons. The van der Waals surface area contributed by atoms with Gasteiger partial charge in [-0.1, -0.05) is 30.3 Å². The van der Waals surface area contributed by atoms with Crippen LogP contribution in [0.3, 0.4) is 0 Å². The number of benzene rings is 1. The SMILES string of the molecule is O=C(CN1C(=O)CSC=C1c1ccccc1)Nc1ccc(F)cn1. The highest BCUT2D eigenvalue weighted by Gasteiger charge is 2.25. The van der Waals surface area contributed by atoms with Crippen molar-refractivity contribution in [2.24, 2.45) is 0 Å². The van der Waals surface area contributed by atoms with E-state index in [0.717, 1.165) is 11.8 Å². The van der Waals surface area contributed by atoms with Crippen LogP contribution in [0.1, 0.15) is 5.56 Å². The van der Waals surface area contributed by atoms with Crippen LogP contribution in [0.25, 0.3) is 5.70 Å². The fraction of sp³-hybridized carbons (Fsp3) is 0.118. The Bertz CT molecular complexity index is 778. The molecule has 0 bridgehead atoms. The number of hydrogen-bond donors (Lipinski definition) is 1. The van der Waals surface area contributed by atoms with Crippen molar-refractivity contribution < 1.29 is 14.0 Å². The molecule has 0 saturated carbocycles. The summed E-state index contributed by atoms with van der Waals surface area (Å²) >= 11 is 1.40. The second-order valence-corrected chi connectivity index (χ2v) is 5.93. The molecule has 0 atom stereocenters. The van der Waals surface area contributed by atoms with E-state index >= 15 is 0 Å². The number of carbonyl (C=O) groups is 2. The normalized spacial score (nSPS) is 14.3. The molecule has 0 aliphatic carbocycles. The number of rotatable bonds is 4. The lowest BCUT2D eigenvalue weighted by Gasteiger charge is -2.28. The molecule has 1 aliphatic rings. The minimum Gasteiger partial charge on any atom is -0.309 e. The molecule has 5 nitrogen and oxygen atoms in total. The molecule has 2 heterocycles. The van der Waals surface area contributed by atoms with Gasteiger partial charge in [0.25, 0.3) is 0 Å². The summed E-state index contributed by atoms with van der Waals surface area (Å²) in [5.74, 6) is -0.478. The number of hydrogen-bond acceptors (Lipinski definition) is 4. The van der Waals surface area contributed by atoms with Crippen molar-refractivity contribution in [1.29, 1.82) is 0 Å². The third-order valence-electron chi connectivity index (χ3n) is 3.36.